The number of carbonyl (C=O) groups is 1. The fourth-order valence-electron chi connectivity index (χ4n) is 2.67. The molecule has 7 nitrogen and oxygen atoms in total. The van der Waals surface area contributed by atoms with Crippen LogP contribution in [0.3, 0.4) is 0 Å². The Morgan fingerprint density at radius 3 is 2.92 bits per heavy atom. The van der Waals surface area contributed by atoms with Gasteiger partial charge in [0.1, 0.15) is 23.7 Å². The van der Waals surface area contributed by atoms with E-state index >= 15 is 0 Å². The Labute approximate surface area is 147 Å². The van der Waals surface area contributed by atoms with Gasteiger partial charge in [0, 0.05) is 12.1 Å². The second kappa shape index (κ2) is 6.36. The smallest absolute Gasteiger partial charge is 0.292 e. The van der Waals surface area contributed by atoms with E-state index in [9.17, 15) is 9.59 Å². The number of benzene rings is 1. The number of nitrogens with one attached hydrogen (secondary N) is 1. The second-order valence-corrected chi connectivity index (χ2v) is 5.88. The predicted molar refractivity (Wildman–Crippen MR) is 95.2 cm³/mol. The Balaban J connectivity index is 1.61. The van der Waals surface area contributed by atoms with Crippen molar-refractivity contribution in [2.75, 3.05) is 5.32 Å². The molecule has 0 saturated carbocycles. The molecule has 0 atom stereocenters. The van der Waals surface area contributed by atoms with Gasteiger partial charge in [-0.25, -0.2) is 4.68 Å². The molecule has 4 aromatic rings. The van der Waals surface area contributed by atoms with E-state index in [1.807, 2.05) is 19.1 Å². The first-order chi connectivity index (χ1) is 12.6. The molecule has 0 spiro atoms. The van der Waals surface area contributed by atoms with Gasteiger partial charge in [0.15, 0.2) is 11.2 Å². The molecule has 1 aromatic carbocycles. The van der Waals surface area contributed by atoms with Gasteiger partial charge in [0.2, 0.25) is 0 Å². The first-order valence-corrected chi connectivity index (χ1v) is 8.00. The fourth-order valence-corrected chi connectivity index (χ4v) is 2.67. The van der Waals surface area contributed by atoms with Crippen molar-refractivity contribution in [3.8, 4) is 0 Å². The van der Waals surface area contributed by atoms with Gasteiger partial charge in [0.25, 0.3) is 5.91 Å². The van der Waals surface area contributed by atoms with Crippen molar-refractivity contribution in [2.45, 2.75) is 13.5 Å². The summed E-state index contributed by atoms with van der Waals surface area (Å²) in [6, 6.07) is 11.7. The van der Waals surface area contributed by atoms with Crippen LogP contribution in [0.25, 0.3) is 11.0 Å². The number of nitrogens with zero attached hydrogens (tertiary/aromatic N) is 2. The van der Waals surface area contributed by atoms with Gasteiger partial charge in [-0.2, -0.15) is 5.10 Å². The van der Waals surface area contributed by atoms with Gasteiger partial charge in [-0.15, -0.1) is 0 Å². The minimum atomic E-state index is -0.522. The number of carbonyl (C=O) groups excluding carboxylic acids is 1. The lowest BCUT2D eigenvalue weighted by Gasteiger charge is -2.08. The largest absolute Gasteiger partial charge is 0.467 e. The highest BCUT2D eigenvalue weighted by atomic mass is 16.3. The monoisotopic (exact) mass is 349 g/mol. The van der Waals surface area contributed by atoms with Crippen molar-refractivity contribution in [1.82, 2.24) is 9.78 Å². The normalized spacial score (nSPS) is 11.0. The molecule has 0 bridgehead atoms. The Hall–Kier alpha value is -3.61. The van der Waals surface area contributed by atoms with Crippen LogP contribution >= 0.6 is 0 Å². The van der Waals surface area contributed by atoms with Crippen LogP contribution < -0.4 is 10.7 Å². The van der Waals surface area contributed by atoms with Crippen LogP contribution in [0.15, 0.2) is 68.6 Å². The molecule has 3 heterocycles. The van der Waals surface area contributed by atoms with Crippen molar-refractivity contribution in [2.24, 2.45) is 0 Å². The van der Waals surface area contributed by atoms with Crippen molar-refractivity contribution in [3.63, 3.8) is 0 Å². The van der Waals surface area contributed by atoms with Crippen LogP contribution in [-0.4, -0.2) is 15.7 Å². The summed E-state index contributed by atoms with van der Waals surface area (Å²) in [5, 5.41) is 7.32. The van der Waals surface area contributed by atoms with E-state index in [1.165, 1.54) is 6.07 Å². The van der Waals surface area contributed by atoms with Crippen molar-refractivity contribution in [1.29, 1.82) is 0 Å². The molecule has 0 aliphatic carbocycles. The number of furan rings is 1. The van der Waals surface area contributed by atoms with Crippen LogP contribution in [0.2, 0.25) is 0 Å². The topological polar surface area (TPSA) is 90.3 Å². The molecule has 0 aliphatic heterocycles. The SMILES string of the molecule is Cc1ccc2oc(C(=O)Nc3ccnn3Cc3ccco3)cc(=O)c2c1. The zero-order valence-electron chi connectivity index (χ0n) is 13.9. The molecule has 0 radical (unpaired) electrons. The Bertz CT molecular complexity index is 1140. The molecule has 3 aromatic heterocycles. The maximum absolute atomic E-state index is 12.5. The number of amides is 1. The van der Waals surface area contributed by atoms with E-state index in [4.69, 9.17) is 8.83 Å². The highest BCUT2D eigenvalue weighted by Gasteiger charge is 2.15. The number of rotatable bonds is 4. The molecule has 0 fully saturated rings. The Morgan fingerprint density at radius 2 is 2.12 bits per heavy atom. The lowest BCUT2D eigenvalue weighted by molar-refractivity contribution is 0.0996. The molecule has 0 saturated heterocycles. The van der Waals surface area contributed by atoms with Crippen molar-refractivity contribution < 1.29 is 13.6 Å². The molecule has 1 N–H and O–H groups in total. The summed E-state index contributed by atoms with van der Waals surface area (Å²) in [6.45, 7) is 2.26. The molecule has 1 amide bonds. The third-order valence-corrected chi connectivity index (χ3v) is 3.95. The van der Waals surface area contributed by atoms with Crippen LogP contribution in [0.5, 0.6) is 0 Å². The highest BCUT2D eigenvalue weighted by molar-refractivity contribution is 6.02. The van der Waals surface area contributed by atoms with Crippen LogP contribution in [0.4, 0.5) is 5.82 Å². The van der Waals surface area contributed by atoms with Crippen molar-refractivity contribution >= 4 is 22.7 Å². The summed E-state index contributed by atoms with van der Waals surface area (Å²) in [7, 11) is 0. The molecular weight excluding hydrogens is 334 g/mol. The van der Waals surface area contributed by atoms with Crippen LogP contribution in [0.1, 0.15) is 21.9 Å². The van der Waals surface area contributed by atoms with Gasteiger partial charge in [-0.05, 0) is 31.2 Å². The fraction of sp³-hybridized carbons (Fsp3) is 0.105. The zero-order chi connectivity index (χ0) is 18.1. The molecule has 130 valence electrons. The lowest BCUT2D eigenvalue weighted by atomic mass is 10.1. The summed E-state index contributed by atoms with van der Waals surface area (Å²) in [5.41, 5.74) is 1.06. The van der Waals surface area contributed by atoms with E-state index in [0.717, 1.165) is 5.56 Å². The summed E-state index contributed by atoms with van der Waals surface area (Å²) in [6.07, 6.45) is 3.14. The molecule has 0 unspecified atom stereocenters. The summed E-state index contributed by atoms with van der Waals surface area (Å²) < 4.78 is 12.5. The number of aryl methyl sites for hydroxylation is 1. The number of anilines is 1. The number of aromatic nitrogens is 2. The van der Waals surface area contributed by atoms with Crippen molar-refractivity contribution in [3.05, 3.63) is 82.2 Å². The molecule has 26 heavy (non-hydrogen) atoms. The van der Waals surface area contributed by atoms with Crippen LogP contribution in [0, 0.1) is 6.92 Å². The standard InChI is InChI=1S/C19H15N3O4/c1-12-4-5-16-14(9-12)15(23)10-17(26-16)19(24)21-18-6-7-20-22(18)11-13-3-2-8-25-13/h2-10H,11H2,1H3,(H,21,24). The third kappa shape index (κ3) is 3.02. The van der Waals surface area contributed by atoms with Crippen LogP contribution in [-0.2, 0) is 6.54 Å². The first-order valence-electron chi connectivity index (χ1n) is 8.00. The van der Waals surface area contributed by atoms with Gasteiger partial charge in [-0.3, -0.25) is 9.59 Å². The Kier molecular flexibility index (Phi) is 3.89. The van der Waals surface area contributed by atoms with E-state index in [0.29, 0.717) is 29.1 Å². The number of hydrogen-bond donors (Lipinski definition) is 1. The predicted octanol–water partition coefficient (Wildman–Crippen LogP) is 3.19. The summed E-state index contributed by atoms with van der Waals surface area (Å²) >= 11 is 0. The highest BCUT2D eigenvalue weighted by Crippen LogP contribution is 2.16. The average molecular weight is 349 g/mol. The first kappa shape index (κ1) is 15.9. The van der Waals surface area contributed by atoms with Gasteiger partial charge < -0.3 is 14.2 Å². The number of fused-ring (bicyclic) bond motifs is 1. The minimum absolute atomic E-state index is 0.0582. The average Bonchev–Trinajstić information content (AvgIpc) is 3.28. The summed E-state index contributed by atoms with van der Waals surface area (Å²) in [5.74, 6) is 0.595. The molecule has 0 aliphatic rings. The van der Waals surface area contributed by atoms with Gasteiger partial charge >= 0.3 is 0 Å². The minimum Gasteiger partial charge on any atom is -0.467 e. The van der Waals surface area contributed by atoms with E-state index in [1.54, 1.807) is 41.4 Å². The van der Waals surface area contributed by atoms with Gasteiger partial charge in [0.05, 0.1) is 17.8 Å². The molecular formula is C19H15N3O4. The molecule has 7 heteroatoms. The second-order valence-electron chi connectivity index (χ2n) is 5.88. The lowest BCUT2D eigenvalue weighted by Crippen LogP contribution is -2.18. The maximum Gasteiger partial charge on any atom is 0.292 e. The third-order valence-electron chi connectivity index (χ3n) is 3.95. The maximum atomic E-state index is 12.5. The van der Waals surface area contributed by atoms with Gasteiger partial charge in [-0.1, -0.05) is 11.6 Å². The number of hydrogen-bond acceptors (Lipinski definition) is 5. The zero-order valence-corrected chi connectivity index (χ0v) is 13.9. The summed E-state index contributed by atoms with van der Waals surface area (Å²) in [4.78, 5) is 24.8. The Morgan fingerprint density at radius 1 is 1.23 bits per heavy atom. The molecule has 4 rings (SSSR count). The quantitative estimate of drug-likeness (QED) is 0.611. The van der Waals surface area contributed by atoms with E-state index < -0.39 is 5.91 Å². The van der Waals surface area contributed by atoms with E-state index in [-0.39, 0.29) is 11.2 Å². The van der Waals surface area contributed by atoms with E-state index in [2.05, 4.69) is 10.4 Å².